The largest absolute Gasteiger partial charge is 0.397 e. The number of nitrogen functional groups attached to an aromatic ring is 2. The lowest BCUT2D eigenvalue weighted by Crippen LogP contribution is -1.93. The first-order valence-electron chi connectivity index (χ1n) is 8.55. The fourth-order valence-corrected chi connectivity index (χ4v) is 2.24. The topological polar surface area (TPSA) is 80.7 Å². The van der Waals surface area contributed by atoms with E-state index in [0.717, 1.165) is 17.5 Å². The smallest absolute Gasteiger partial charge is 0.0553 e. The van der Waals surface area contributed by atoms with Crippen molar-refractivity contribution in [3.8, 4) is 0 Å². The van der Waals surface area contributed by atoms with Gasteiger partial charge in [0, 0.05) is 11.9 Å². The minimum absolute atomic E-state index is 0.621. The van der Waals surface area contributed by atoms with E-state index in [9.17, 15) is 0 Å². The third-order valence-corrected chi connectivity index (χ3v) is 3.74. The van der Waals surface area contributed by atoms with Crippen LogP contribution in [0.5, 0.6) is 0 Å². The van der Waals surface area contributed by atoms with Crippen LogP contribution in [0, 0.1) is 0 Å². The Morgan fingerprint density at radius 1 is 0.920 bits per heavy atom. The summed E-state index contributed by atoms with van der Waals surface area (Å²) in [6, 6.07) is 17.8. The van der Waals surface area contributed by atoms with E-state index in [2.05, 4.69) is 29.3 Å². The second-order valence-electron chi connectivity index (χ2n) is 5.82. The zero-order chi connectivity index (χ0) is 17.9. The summed E-state index contributed by atoms with van der Waals surface area (Å²) in [5.74, 6) is 0. The van der Waals surface area contributed by atoms with Crippen molar-refractivity contribution in [2.75, 3.05) is 11.5 Å². The number of H-pyrrole nitrogens is 1. The van der Waals surface area contributed by atoms with Gasteiger partial charge >= 0.3 is 0 Å². The number of hydrogen-bond donors (Lipinski definition) is 3. The molecule has 0 fully saturated rings. The fourth-order valence-electron chi connectivity index (χ4n) is 2.24. The van der Waals surface area contributed by atoms with Gasteiger partial charge in [0.1, 0.15) is 0 Å². The Bertz CT molecular complexity index is 762. The number of rotatable bonds is 5. The highest BCUT2D eigenvalue weighted by Gasteiger charge is 1.94. The number of anilines is 2. The van der Waals surface area contributed by atoms with Gasteiger partial charge in [-0.25, -0.2) is 0 Å². The number of benzene rings is 2. The average Bonchev–Trinajstić information content (AvgIpc) is 3.16. The van der Waals surface area contributed by atoms with Crippen molar-refractivity contribution < 1.29 is 0 Å². The lowest BCUT2D eigenvalue weighted by atomic mass is 10.1. The molecule has 0 bridgehead atoms. The monoisotopic (exact) mass is 334 g/mol. The van der Waals surface area contributed by atoms with Crippen LogP contribution in [0.25, 0.3) is 12.2 Å². The minimum atomic E-state index is 0.621. The van der Waals surface area contributed by atoms with E-state index in [1.54, 1.807) is 6.20 Å². The van der Waals surface area contributed by atoms with Crippen LogP contribution >= 0.6 is 0 Å². The normalized spacial score (nSPS) is 10.4. The number of aromatic amines is 1. The summed E-state index contributed by atoms with van der Waals surface area (Å²) in [5.41, 5.74) is 16.1. The lowest BCUT2D eigenvalue weighted by molar-refractivity contribution is 0.772. The zero-order valence-corrected chi connectivity index (χ0v) is 14.7. The SMILES string of the molecule is CCCCc1ccn[nH]1.Nc1ccc(C=Cc2ccccc2)cc1N. The van der Waals surface area contributed by atoms with Crippen molar-refractivity contribution in [2.45, 2.75) is 26.2 Å². The number of nitrogens with zero attached hydrogens (tertiary/aromatic N) is 1. The molecule has 0 unspecified atom stereocenters. The van der Waals surface area contributed by atoms with Crippen LogP contribution in [0.4, 0.5) is 11.4 Å². The molecule has 0 aliphatic carbocycles. The second kappa shape index (κ2) is 9.98. The maximum atomic E-state index is 5.73. The molecule has 0 aliphatic heterocycles. The first-order chi connectivity index (χ1) is 12.2. The van der Waals surface area contributed by atoms with Crippen molar-refractivity contribution >= 4 is 23.5 Å². The fraction of sp³-hybridized carbons (Fsp3) is 0.190. The summed E-state index contributed by atoms with van der Waals surface area (Å²) >= 11 is 0. The molecule has 130 valence electrons. The standard InChI is InChI=1S/C14H14N2.C7H12N2/c15-13-9-8-12(10-14(13)16)7-6-11-4-2-1-3-5-11;1-2-3-4-7-5-6-8-9-7/h1-10H,15-16H2;5-6H,2-4H2,1H3,(H,8,9). The zero-order valence-electron chi connectivity index (χ0n) is 14.7. The predicted octanol–water partition coefficient (Wildman–Crippen LogP) is 4.77. The molecular weight excluding hydrogens is 308 g/mol. The van der Waals surface area contributed by atoms with Gasteiger partial charge < -0.3 is 11.5 Å². The summed E-state index contributed by atoms with van der Waals surface area (Å²) in [6.07, 6.45) is 9.50. The summed E-state index contributed by atoms with van der Waals surface area (Å²) in [5, 5.41) is 6.77. The summed E-state index contributed by atoms with van der Waals surface area (Å²) in [7, 11) is 0. The Hall–Kier alpha value is -3.01. The number of nitrogens with one attached hydrogen (secondary N) is 1. The molecule has 5 N–H and O–H groups in total. The van der Waals surface area contributed by atoms with Gasteiger partial charge in [-0.05, 0) is 42.2 Å². The molecule has 0 spiro atoms. The van der Waals surface area contributed by atoms with Gasteiger partial charge in [-0.15, -0.1) is 0 Å². The Morgan fingerprint density at radius 3 is 2.32 bits per heavy atom. The molecule has 1 aromatic heterocycles. The van der Waals surface area contributed by atoms with Gasteiger partial charge in [0.05, 0.1) is 11.4 Å². The van der Waals surface area contributed by atoms with Crippen LogP contribution in [0.2, 0.25) is 0 Å². The van der Waals surface area contributed by atoms with Crippen LogP contribution < -0.4 is 11.5 Å². The third-order valence-electron chi connectivity index (χ3n) is 3.74. The van der Waals surface area contributed by atoms with E-state index in [-0.39, 0.29) is 0 Å². The summed E-state index contributed by atoms with van der Waals surface area (Å²) in [6.45, 7) is 2.19. The lowest BCUT2D eigenvalue weighted by Gasteiger charge is -2.00. The van der Waals surface area contributed by atoms with Gasteiger partial charge in [-0.2, -0.15) is 5.10 Å². The average molecular weight is 334 g/mol. The Kier molecular flexibility index (Phi) is 7.32. The maximum absolute atomic E-state index is 5.73. The highest BCUT2D eigenvalue weighted by atomic mass is 15.1. The number of nitrogens with two attached hydrogens (primary N) is 2. The third kappa shape index (κ3) is 6.55. The molecule has 2 aromatic carbocycles. The molecule has 0 radical (unpaired) electrons. The van der Waals surface area contributed by atoms with Crippen molar-refractivity contribution in [1.29, 1.82) is 0 Å². The van der Waals surface area contributed by atoms with E-state index in [1.807, 2.05) is 54.6 Å². The van der Waals surface area contributed by atoms with Crippen LogP contribution in [0.1, 0.15) is 36.6 Å². The van der Waals surface area contributed by atoms with Crippen LogP contribution in [0.3, 0.4) is 0 Å². The van der Waals surface area contributed by atoms with Crippen molar-refractivity contribution in [3.05, 3.63) is 77.6 Å². The van der Waals surface area contributed by atoms with Crippen LogP contribution in [-0.4, -0.2) is 10.2 Å². The Morgan fingerprint density at radius 2 is 1.68 bits per heavy atom. The molecule has 0 aliphatic rings. The second-order valence-corrected chi connectivity index (χ2v) is 5.82. The van der Waals surface area contributed by atoms with Gasteiger partial charge in [0.2, 0.25) is 0 Å². The van der Waals surface area contributed by atoms with E-state index < -0.39 is 0 Å². The predicted molar refractivity (Wildman–Crippen MR) is 108 cm³/mol. The molecule has 0 amide bonds. The molecule has 0 saturated heterocycles. The van der Waals surface area contributed by atoms with Crippen molar-refractivity contribution in [2.24, 2.45) is 0 Å². The quantitative estimate of drug-likeness (QED) is 0.464. The van der Waals surface area contributed by atoms with Gasteiger partial charge in [0.25, 0.3) is 0 Å². The highest BCUT2D eigenvalue weighted by molar-refractivity contribution is 5.74. The van der Waals surface area contributed by atoms with Crippen molar-refractivity contribution in [3.63, 3.8) is 0 Å². The van der Waals surface area contributed by atoms with Crippen molar-refractivity contribution in [1.82, 2.24) is 10.2 Å². The van der Waals surface area contributed by atoms with Crippen LogP contribution in [-0.2, 0) is 6.42 Å². The van der Waals surface area contributed by atoms with Gasteiger partial charge in [0.15, 0.2) is 0 Å². The maximum Gasteiger partial charge on any atom is 0.0553 e. The first kappa shape index (κ1) is 18.3. The van der Waals surface area contributed by atoms with E-state index in [0.29, 0.717) is 11.4 Å². The summed E-state index contributed by atoms with van der Waals surface area (Å²) < 4.78 is 0. The molecule has 3 aromatic rings. The van der Waals surface area contributed by atoms with E-state index in [1.165, 1.54) is 18.5 Å². The number of unbranched alkanes of at least 4 members (excludes halogenated alkanes) is 1. The summed E-state index contributed by atoms with van der Waals surface area (Å²) in [4.78, 5) is 0. The first-order valence-corrected chi connectivity index (χ1v) is 8.55. The molecule has 4 heteroatoms. The van der Waals surface area contributed by atoms with E-state index >= 15 is 0 Å². The number of aryl methyl sites for hydroxylation is 1. The van der Waals surface area contributed by atoms with E-state index in [4.69, 9.17) is 11.5 Å². The minimum Gasteiger partial charge on any atom is -0.397 e. The molecule has 3 rings (SSSR count). The molecule has 25 heavy (non-hydrogen) atoms. The number of aromatic nitrogens is 2. The molecular formula is C21H26N4. The highest BCUT2D eigenvalue weighted by Crippen LogP contribution is 2.17. The molecule has 1 heterocycles. The Labute approximate surface area is 149 Å². The van der Waals surface area contributed by atoms with Gasteiger partial charge in [-0.1, -0.05) is 61.9 Å². The van der Waals surface area contributed by atoms with Crippen LogP contribution in [0.15, 0.2) is 60.8 Å². The molecule has 0 saturated carbocycles. The number of hydrogen-bond acceptors (Lipinski definition) is 3. The molecule has 0 atom stereocenters. The van der Waals surface area contributed by atoms with Gasteiger partial charge in [-0.3, -0.25) is 5.10 Å². The molecule has 4 nitrogen and oxygen atoms in total. The Balaban J connectivity index is 0.000000212.